The molecule has 7 rings (SSSR count). The summed E-state index contributed by atoms with van der Waals surface area (Å²) in [5.41, 5.74) is 7.31. The Labute approximate surface area is 197 Å². The highest BCUT2D eigenvalue weighted by atomic mass is 16.5. The van der Waals surface area contributed by atoms with Gasteiger partial charge >= 0.3 is 0 Å². The molecule has 0 aliphatic heterocycles. The minimum absolute atomic E-state index is 0.375. The summed E-state index contributed by atoms with van der Waals surface area (Å²) in [5.74, 6) is 1.00. The van der Waals surface area contributed by atoms with Crippen LogP contribution in [-0.2, 0) is 5.41 Å². The zero-order valence-electron chi connectivity index (χ0n) is 19.9. The first-order valence-corrected chi connectivity index (χ1v) is 12.6. The second kappa shape index (κ2) is 7.93. The normalized spacial score (nSPS) is 26.4. The maximum atomic E-state index is 5.49. The zero-order valence-corrected chi connectivity index (χ0v) is 19.9. The number of nitrogens with one attached hydrogen (secondary N) is 1. The molecule has 33 heavy (non-hydrogen) atoms. The van der Waals surface area contributed by atoms with Gasteiger partial charge in [0.1, 0.15) is 5.75 Å². The fourth-order valence-corrected chi connectivity index (χ4v) is 6.29. The van der Waals surface area contributed by atoms with Crippen LogP contribution in [0.4, 0.5) is 5.69 Å². The Bertz CT molecular complexity index is 1130. The van der Waals surface area contributed by atoms with E-state index in [1.807, 2.05) is 6.20 Å². The number of aryl methyl sites for hydroxylation is 1. The van der Waals surface area contributed by atoms with Gasteiger partial charge in [-0.05, 0) is 104 Å². The van der Waals surface area contributed by atoms with Crippen molar-refractivity contribution in [1.82, 2.24) is 9.78 Å². The van der Waals surface area contributed by atoms with Gasteiger partial charge < -0.3 is 10.1 Å². The monoisotopic (exact) mass is 441 g/mol. The Morgan fingerprint density at radius 3 is 2.48 bits per heavy atom. The molecule has 2 bridgehead atoms. The fraction of sp³-hybridized carbons (Fsp3) is 0.483. The van der Waals surface area contributed by atoms with E-state index in [-0.39, 0.29) is 0 Å². The zero-order chi connectivity index (χ0) is 22.5. The Morgan fingerprint density at radius 2 is 1.79 bits per heavy atom. The van der Waals surface area contributed by atoms with E-state index in [0.717, 1.165) is 12.3 Å². The van der Waals surface area contributed by atoms with Gasteiger partial charge in [-0.3, -0.25) is 4.68 Å². The molecule has 0 atom stereocenters. The van der Waals surface area contributed by atoms with Crippen LogP contribution in [0.25, 0.3) is 11.1 Å². The van der Waals surface area contributed by atoms with E-state index in [9.17, 15) is 0 Å². The molecule has 3 aromatic rings. The number of nitrogens with zero attached hydrogens (tertiary/aromatic N) is 2. The summed E-state index contributed by atoms with van der Waals surface area (Å²) in [5, 5.41) is 8.38. The maximum absolute atomic E-state index is 5.49. The Hall–Kier alpha value is -2.75. The van der Waals surface area contributed by atoms with Crippen molar-refractivity contribution in [2.75, 3.05) is 19.0 Å². The number of anilines is 1. The van der Waals surface area contributed by atoms with E-state index in [4.69, 9.17) is 4.74 Å². The topological polar surface area (TPSA) is 39.1 Å². The third kappa shape index (κ3) is 3.84. The van der Waals surface area contributed by atoms with Crippen LogP contribution in [-0.4, -0.2) is 23.4 Å². The van der Waals surface area contributed by atoms with Crippen molar-refractivity contribution >= 4 is 5.69 Å². The van der Waals surface area contributed by atoms with E-state index >= 15 is 0 Å². The minimum Gasteiger partial charge on any atom is -0.496 e. The van der Waals surface area contributed by atoms with Gasteiger partial charge in [-0.25, -0.2) is 0 Å². The van der Waals surface area contributed by atoms with Gasteiger partial charge in [0.25, 0.3) is 0 Å². The van der Waals surface area contributed by atoms with Crippen molar-refractivity contribution in [3.8, 4) is 16.9 Å². The van der Waals surface area contributed by atoms with E-state index < -0.39 is 0 Å². The van der Waals surface area contributed by atoms with Crippen molar-refractivity contribution in [3.05, 3.63) is 66.0 Å². The summed E-state index contributed by atoms with van der Waals surface area (Å²) >= 11 is 0. The lowest BCUT2D eigenvalue weighted by molar-refractivity contribution is 0.0505. The molecule has 0 saturated heterocycles. The predicted molar refractivity (Wildman–Crippen MR) is 134 cm³/mol. The number of hydrogen-bond donors (Lipinski definition) is 1. The number of methoxy groups -OCH3 is 1. The molecule has 4 heteroatoms. The van der Waals surface area contributed by atoms with Gasteiger partial charge in [0.15, 0.2) is 0 Å². The Kier molecular flexibility index (Phi) is 5.01. The molecule has 0 spiro atoms. The summed E-state index contributed by atoms with van der Waals surface area (Å²) in [6, 6.07) is 16.4. The smallest absolute Gasteiger partial charge is 0.121 e. The van der Waals surface area contributed by atoms with Gasteiger partial charge in [0, 0.05) is 24.0 Å². The van der Waals surface area contributed by atoms with Crippen LogP contribution < -0.4 is 10.1 Å². The Morgan fingerprint density at radius 1 is 1.00 bits per heavy atom. The summed E-state index contributed by atoms with van der Waals surface area (Å²) in [7, 11) is 1.76. The average Bonchev–Trinajstić information content (AvgIpc) is 3.60. The molecule has 0 unspecified atom stereocenters. The predicted octanol–water partition coefficient (Wildman–Crippen LogP) is 6.91. The molecule has 1 N–H and O–H groups in total. The second-order valence-corrected chi connectivity index (χ2v) is 10.8. The van der Waals surface area contributed by atoms with E-state index in [2.05, 4.69) is 70.7 Å². The number of fused-ring (bicyclic) bond motifs is 3. The van der Waals surface area contributed by atoms with Crippen LogP contribution in [0.1, 0.15) is 68.5 Å². The van der Waals surface area contributed by atoms with Crippen LogP contribution in [0.3, 0.4) is 0 Å². The lowest BCUT2D eigenvalue weighted by Crippen LogP contribution is -2.47. The highest BCUT2D eigenvalue weighted by molar-refractivity contribution is 5.67. The summed E-state index contributed by atoms with van der Waals surface area (Å²) < 4.78 is 7.63. The highest BCUT2D eigenvalue weighted by Gasteiger charge is 2.49. The molecule has 4 fully saturated rings. The average molecular weight is 442 g/mol. The van der Waals surface area contributed by atoms with Crippen molar-refractivity contribution < 1.29 is 4.74 Å². The van der Waals surface area contributed by atoms with Crippen LogP contribution in [0, 0.1) is 12.3 Å². The minimum atomic E-state index is 0.375. The first kappa shape index (κ1) is 20.8. The molecule has 4 saturated carbocycles. The second-order valence-electron chi connectivity index (χ2n) is 10.8. The first-order chi connectivity index (χ1) is 16.1. The molecule has 4 aliphatic carbocycles. The van der Waals surface area contributed by atoms with E-state index in [1.54, 1.807) is 7.11 Å². The number of benzene rings is 2. The van der Waals surface area contributed by atoms with Gasteiger partial charge in [0.05, 0.1) is 19.3 Å². The molecule has 0 radical (unpaired) electrons. The third-order valence-electron chi connectivity index (χ3n) is 8.79. The highest BCUT2D eigenvalue weighted by Crippen LogP contribution is 2.58. The SMILES string of the molecule is COc1ccc(C23CCC(CNc4cccc(-c5cnn(C6CC6)c5)c4)(CC2)CC3)cc1C. The fourth-order valence-electron chi connectivity index (χ4n) is 6.29. The molecule has 4 aliphatic rings. The van der Waals surface area contributed by atoms with Gasteiger partial charge in [0.2, 0.25) is 0 Å². The molecule has 172 valence electrons. The van der Waals surface area contributed by atoms with Crippen LogP contribution in [0.5, 0.6) is 5.75 Å². The third-order valence-corrected chi connectivity index (χ3v) is 8.79. The number of ether oxygens (including phenoxy) is 1. The summed E-state index contributed by atoms with van der Waals surface area (Å²) in [4.78, 5) is 0. The van der Waals surface area contributed by atoms with Crippen molar-refractivity contribution in [2.24, 2.45) is 5.41 Å². The van der Waals surface area contributed by atoms with Crippen molar-refractivity contribution in [2.45, 2.75) is 69.7 Å². The molecule has 0 amide bonds. The van der Waals surface area contributed by atoms with E-state index in [1.165, 1.54) is 79.3 Å². The van der Waals surface area contributed by atoms with Gasteiger partial charge in [-0.1, -0.05) is 24.3 Å². The lowest BCUT2D eigenvalue weighted by atomic mass is 9.52. The van der Waals surface area contributed by atoms with Crippen LogP contribution >= 0.6 is 0 Å². The molecular formula is C29H35N3O. The molecule has 1 aromatic heterocycles. The van der Waals surface area contributed by atoms with Crippen LogP contribution in [0.15, 0.2) is 54.9 Å². The van der Waals surface area contributed by atoms with Gasteiger partial charge in [-0.2, -0.15) is 5.10 Å². The van der Waals surface area contributed by atoms with Crippen LogP contribution in [0.2, 0.25) is 0 Å². The largest absolute Gasteiger partial charge is 0.496 e. The van der Waals surface area contributed by atoms with Crippen molar-refractivity contribution in [3.63, 3.8) is 0 Å². The van der Waals surface area contributed by atoms with Crippen molar-refractivity contribution in [1.29, 1.82) is 0 Å². The summed E-state index contributed by atoms with van der Waals surface area (Å²) in [6.07, 6.45) is 14.6. The molecule has 1 heterocycles. The van der Waals surface area contributed by atoms with Gasteiger partial charge in [-0.15, -0.1) is 0 Å². The molecule has 4 nitrogen and oxygen atoms in total. The number of aromatic nitrogens is 2. The Balaban J connectivity index is 1.12. The summed E-state index contributed by atoms with van der Waals surface area (Å²) in [6.45, 7) is 3.25. The number of rotatable bonds is 7. The first-order valence-electron chi connectivity index (χ1n) is 12.6. The molecule has 2 aromatic carbocycles. The maximum Gasteiger partial charge on any atom is 0.121 e. The lowest BCUT2D eigenvalue weighted by Gasteiger charge is -2.54. The van der Waals surface area contributed by atoms with E-state index in [0.29, 0.717) is 16.9 Å². The molecular weight excluding hydrogens is 406 g/mol. The quantitative estimate of drug-likeness (QED) is 0.433. The standard InChI is InChI=1S/C29H35N3O/c1-21-16-24(6-9-27(21)33-2)29-13-10-28(11-14-29,12-15-29)20-30-25-5-3-4-22(17-25)23-18-31-32(19-23)26-7-8-26/h3-6,9,16-19,26,30H,7-8,10-15,20H2,1-2H3. The number of hydrogen-bond acceptors (Lipinski definition) is 3.